The number of anilines is 2. The zero-order valence-corrected chi connectivity index (χ0v) is 49.0. The summed E-state index contributed by atoms with van der Waals surface area (Å²) >= 11 is -1.56. The first-order valence-electron chi connectivity index (χ1n) is 28.2. The normalized spacial score (nSPS) is 17.3. The van der Waals surface area contributed by atoms with Crippen LogP contribution in [0.4, 0.5) is 11.4 Å². The summed E-state index contributed by atoms with van der Waals surface area (Å²) in [5, 5.41) is 21.4. The van der Waals surface area contributed by atoms with Crippen LogP contribution in [0, 0.1) is 0 Å². The molecule has 2 atom stereocenters. The van der Waals surface area contributed by atoms with Crippen molar-refractivity contribution in [1.82, 2.24) is 9.80 Å². The van der Waals surface area contributed by atoms with E-state index in [0.717, 1.165) is 52.5 Å². The van der Waals surface area contributed by atoms with Crippen LogP contribution in [0.3, 0.4) is 0 Å². The zero-order chi connectivity index (χ0) is 54.0. The Kier molecular flexibility index (Phi) is 39.4. The summed E-state index contributed by atoms with van der Waals surface area (Å²) in [6.45, 7) is 20.4. The second kappa shape index (κ2) is 43.6. The molecule has 9 nitrogen and oxygen atoms in total. The summed E-state index contributed by atoms with van der Waals surface area (Å²) in [5.74, 6) is 0. The molecule has 0 aromatic heterocycles. The molecule has 70 heavy (non-hydrogen) atoms. The average molecular weight is 1080 g/mol. The van der Waals surface area contributed by atoms with E-state index in [1.807, 2.05) is 13.8 Å². The quantitative estimate of drug-likeness (QED) is 0.0833. The van der Waals surface area contributed by atoms with E-state index in [1.54, 1.807) is 35.6 Å². The van der Waals surface area contributed by atoms with Gasteiger partial charge in [0.15, 0.2) is 0 Å². The Morgan fingerprint density at radius 2 is 0.771 bits per heavy atom. The van der Waals surface area contributed by atoms with Crippen LogP contribution in [0.5, 0.6) is 0 Å². The van der Waals surface area contributed by atoms with Crippen LogP contribution in [-0.4, -0.2) is 147 Å². The number of para-hydroxylation sites is 2. The van der Waals surface area contributed by atoms with Gasteiger partial charge >= 0.3 is 95.9 Å². The fourth-order valence-corrected chi connectivity index (χ4v) is 22.6. The summed E-state index contributed by atoms with van der Waals surface area (Å²) in [6.07, 6.45) is 16.4. The van der Waals surface area contributed by atoms with Gasteiger partial charge in [-0.1, -0.05) is 98.8 Å². The van der Waals surface area contributed by atoms with Crippen LogP contribution in [-0.2, 0) is 25.7 Å². The van der Waals surface area contributed by atoms with E-state index in [-0.39, 0.29) is 0 Å². The van der Waals surface area contributed by atoms with Gasteiger partial charge < -0.3 is 36.5 Å². The molecule has 2 fully saturated rings. The van der Waals surface area contributed by atoms with Gasteiger partial charge in [-0.2, -0.15) is 0 Å². The zero-order valence-electron chi connectivity index (χ0n) is 48.2. The monoisotopic (exact) mass is 1080 g/mol. The van der Waals surface area contributed by atoms with Crippen molar-refractivity contribution in [3.63, 3.8) is 0 Å². The van der Waals surface area contributed by atoms with Crippen molar-refractivity contribution < 1.29 is 15.2 Å². The number of aliphatic hydroxyl groups is 2. The molecule has 2 heterocycles. The number of hydrogen-bond donors (Lipinski definition) is 5. The number of benzene rings is 4. The summed E-state index contributed by atoms with van der Waals surface area (Å²) < 4.78 is 16.6. The Morgan fingerprint density at radius 1 is 0.500 bits per heavy atom. The molecule has 0 saturated carbocycles. The summed E-state index contributed by atoms with van der Waals surface area (Å²) in [4.78, 5) is 13.2. The van der Waals surface area contributed by atoms with Gasteiger partial charge in [0.05, 0.1) is 0 Å². The van der Waals surface area contributed by atoms with Crippen molar-refractivity contribution in [3.8, 4) is 0 Å². The minimum absolute atomic E-state index is 0.743. The number of hydrogen-bond acceptors (Lipinski definition) is 9. The van der Waals surface area contributed by atoms with Crippen molar-refractivity contribution in [1.29, 1.82) is 2.67 Å². The number of aliphatic hydroxyl groups excluding tert-OH is 2. The molecule has 0 radical (unpaired) electrons. The molecule has 2 saturated heterocycles. The Labute approximate surface area is 438 Å². The molecule has 396 valence electrons. The van der Waals surface area contributed by atoms with Crippen LogP contribution in [0.15, 0.2) is 109 Å². The van der Waals surface area contributed by atoms with Gasteiger partial charge in [0.25, 0.3) is 7.98 Å². The second-order valence-electron chi connectivity index (χ2n) is 18.2. The number of aryl methyl sites for hydroxylation is 2. The Balaban J connectivity index is 0.000000951. The van der Waals surface area contributed by atoms with Gasteiger partial charge in [0.2, 0.25) is 0 Å². The Morgan fingerprint density at radius 3 is 1.06 bits per heavy atom. The number of fused-ring (bicyclic) bond motifs is 2. The van der Waals surface area contributed by atoms with E-state index >= 15 is 0 Å². The maximum Gasteiger partial charge on any atom is 0.252 e. The molecule has 0 amide bonds. The van der Waals surface area contributed by atoms with Gasteiger partial charge in [0.1, 0.15) is 0 Å². The first-order chi connectivity index (χ1) is 35.2. The van der Waals surface area contributed by atoms with Crippen molar-refractivity contribution in [2.24, 2.45) is 11.5 Å². The van der Waals surface area contributed by atoms with E-state index in [4.69, 9.17) is 17.9 Å². The summed E-state index contributed by atoms with van der Waals surface area (Å²) in [7, 11) is 3.33. The number of nitrogens with two attached hydrogens (primary N) is 2. The number of nitrogens with zero attached hydrogens (tertiary/aromatic N) is 4. The summed E-state index contributed by atoms with van der Waals surface area (Å²) in [5.41, 5.74) is 18.0. The second-order valence-corrected chi connectivity index (χ2v) is 32.8. The molecule has 7 N–H and O–H groups in total. The van der Waals surface area contributed by atoms with Crippen LogP contribution in [0.25, 0.3) is 0 Å². The maximum atomic E-state index is 7.39. The molecular formula is C59H105BN6O3Sn. The molecule has 2 aliphatic carbocycles. The van der Waals surface area contributed by atoms with Crippen molar-refractivity contribution in [2.45, 2.75) is 142 Å². The van der Waals surface area contributed by atoms with E-state index in [0.29, 0.717) is 0 Å². The van der Waals surface area contributed by atoms with Crippen molar-refractivity contribution in [3.05, 3.63) is 131 Å². The first kappa shape index (κ1) is 63.2. The maximum absolute atomic E-state index is 7.39. The topological polar surface area (TPSA) is 126 Å². The predicted octanol–water partition coefficient (Wildman–Crippen LogP) is 10.1. The fraction of sp³-hybridized carbons (Fsp3) is 0.593. The summed E-state index contributed by atoms with van der Waals surface area (Å²) in [6, 6.07) is 41.1. The van der Waals surface area contributed by atoms with E-state index in [9.17, 15) is 0 Å². The first-order valence-corrected chi connectivity index (χ1v) is 35.9. The molecule has 2 aliphatic heterocycles. The van der Waals surface area contributed by atoms with E-state index in [1.165, 1.54) is 129 Å². The average Bonchev–Trinajstić information content (AvgIpc) is 3.46. The van der Waals surface area contributed by atoms with Gasteiger partial charge in [0, 0.05) is 92.7 Å². The molecular weight excluding hydrogens is 970 g/mol. The number of unbranched alkanes of at least 4 members (excludes halogenated alkanes) is 3. The van der Waals surface area contributed by atoms with Crippen LogP contribution < -0.4 is 21.3 Å². The Hall–Kier alpha value is -2.94. The predicted molar refractivity (Wildman–Crippen MR) is 314 cm³/mol. The van der Waals surface area contributed by atoms with Gasteiger partial charge in [-0.05, 0) is 99.1 Å². The van der Waals surface area contributed by atoms with Crippen molar-refractivity contribution in [2.75, 3.05) is 90.5 Å². The Bertz CT molecular complexity index is 1670. The van der Waals surface area contributed by atoms with Crippen LogP contribution >= 0.6 is 0 Å². The minimum atomic E-state index is -1.67. The molecule has 4 aromatic rings. The molecule has 2 unspecified atom stereocenters. The molecule has 0 bridgehead atoms. The molecule has 11 heteroatoms. The smallest absolute Gasteiger partial charge is 0.252 e. The largest absolute Gasteiger partial charge is 0.458 e. The third-order valence-electron chi connectivity index (χ3n) is 13.9. The van der Waals surface area contributed by atoms with E-state index < -0.39 is 26.4 Å². The van der Waals surface area contributed by atoms with Gasteiger partial charge in [-0.25, -0.2) is 0 Å². The number of rotatable bonds is 13. The van der Waals surface area contributed by atoms with E-state index in [2.05, 4.69) is 166 Å². The SMILES string of the molecule is CC.CCC[CH2][Sn]([CH3])([CH2]CCC)[CH2]CCC.CN.CN.CO.CO.[3H]B([3H])O.c1ccc(N2CCN(C3CCc4ccccc4C3)CC2)cc1.c1ccc(N2CCN(C3CCc4ccccc4C3)CC2)cc1. The fourth-order valence-electron chi connectivity index (χ4n) is 10.1. The molecule has 4 aliphatic rings. The number of piperazine rings is 2. The standard InChI is InChI=1S/2C20H24N2.3C4H9.C2H6.2CH5N.2CH4O.CH3.BH3O.Sn/c2*1-2-8-19(9-3-1)21-12-14-22(15-13-21)20-11-10-17-6-4-5-7-18(17)16-20;3*1-3-4-2;5*1-2;;1-2;/h2*1-9,20H,10-16H2;3*1,3-4H2,2H3;1-2H3;2*2H2,1H3;2*2H,1H3;1H3;2H,1H2;/i;;;;;;;;;;;1T2;. The molecule has 0 spiro atoms. The third-order valence-corrected chi connectivity index (χ3v) is 27.3. The third kappa shape index (κ3) is 24.7. The van der Waals surface area contributed by atoms with Gasteiger partial charge in [-0.15, -0.1) is 0 Å². The van der Waals surface area contributed by atoms with Gasteiger partial charge in [-0.3, -0.25) is 9.80 Å². The molecule has 8 rings (SSSR count). The van der Waals surface area contributed by atoms with Crippen LogP contribution in [0.2, 0.25) is 18.2 Å². The minimum Gasteiger partial charge on any atom is -0.458 e. The molecule has 4 aromatic carbocycles. The van der Waals surface area contributed by atoms with Crippen LogP contribution in [0.1, 0.15) is 108 Å². The van der Waals surface area contributed by atoms with Crippen molar-refractivity contribution >= 4 is 37.7 Å².